The molecule has 0 atom stereocenters. The van der Waals surface area contributed by atoms with Crippen molar-refractivity contribution in [3.05, 3.63) is 59.4 Å². The maximum atomic E-state index is 5.93. The summed E-state index contributed by atoms with van der Waals surface area (Å²) in [4.78, 5) is 4.39. The predicted octanol–water partition coefficient (Wildman–Crippen LogP) is 2.82. The van der Waals surface area contributed by atoms with Crippen LogP contribution in [0.1, 0.15) is 23.7 Å². The molecule has 0 bridgehead atoms. The third-order valence-electron chi connectivity index (χ3n) is 2.81. The number of benzene rings is 1. The van der Waals surface area contributed by atoms with Crippen LogP contribution in [0.4, 0.5) is 5.69 Å². The molecule has 2 N–H and O–H groups in total. The molecule has 2 nitrogen and oxygen atoms in total. The lowest BCUT2D eigenvalue weighted by atomic mass is 10.0. The number of nitrogen functional groups attached to an aromatic ring is 1. The van der Waals surface area contributed by atoms with Gasteiger partial charge in [0.2, 0.25) is 0 Å². The molecule has 1 aromatic heterocycles. The van der Waals surface area contributed by atoms with Crippen LogP contribution in [-0.2, 0) is 12.8 Å². The van der Waals surface area contributed by atoms with Crippen molar-refractivity contribution in [2.75, 3.05) is 5.73 Å². The largest absolute Gasteiger partial charge is 0.398 e. The van der Waals surface area contributed by atoms with Gasteiger partial charge in [0.05, 0.1) is 16.9 Å². The number of anilines is 1. The molecule has 90 valence electrons. The molecule has 2 aromatic rings. The maximum absolute atomic E-state index is 5.93. The Morgan fingerprint density at radius 1 is 1.11 bits per heavy atom. The lowest BCUT2D eigenvalue weighted by molar-refractivity contribution is 0.910. The molecule has 0 saturated heterocycles. The average molecular weight is 236 g/mol. The van der Waals surface area contributed by atoms with Crippen LogP contribution < -0.4 is 5.73 Å². The first-order valence-corrected chi connectivity index (χ1v) is 6.01. The Bertz CT molecular complexity index is 577. The van der Waals surface area contributed by atoms with E-state index in [1.165, 1.54) is 5.56 Å². The molecule has 0 amide bonds. The van der Waals surface area contributed by atoms with Crippen molar-refractivity contribution >= 4 is 5.69 Å². The quantitative estimate of drug-likeness (QED) is 0.832. The normalized spacial score (nSPS) is 9.61. The van der Waals surface area contributed by atoms with Gasteiger partial charge in [-0.1, -0.05) is 36.3 Å². The van der Waals surface area contributed by atoms with Crippen molar-refractivity contribution in [1.29, 1.82) is 0 Å². The van der Waals surface area contributed by atoms with Gasteiger partial charge < -0.3 is 5.73 Å². The number of hydrogen-bond donors (Lipinski definition) is 1. The fourth-order valence-corrected chi connectivity index (χ4v) is 1.89. The standard InChI is InChI=1S/C16H16N2/c1-2-6-14-15(17)11-12-18-16(14)10-9-13-7-4-3-5-8-13/h3-5,7-8,11-12H,9-10H2,1H3,(H2,17,18). The van der Waals surface area contributed by atoms with Gasteiger partial charge in [-0.15, -0.1) is 5.92 Å². The second kappa shape index (κ2) is 5.88. The molecule has 0 spiro atoms. The van der Waals surface area contributed by atoms with E-state index in [1.54, 1.807) is 12.3 Å². The Labute approximate surface area is 108 Å². The summed E-state index contributed by atoms with van der Waals surface area (Å²) in [6.07, 6.45) is 3.56. The summed E-state index contributed by atoms with van der Waals surface area (Å²) in [6, 6.07) is 12.2. The molecule has 0 aliphatic rings. The Morgan fingerprint density at radius 2 is 1.89 bits per heavy atom. The summed E-state index contributed by atoms with van der Waals surface area (Å²) in [5.41, 5.74) is 9.80. The summed E-state index contributed by atoms with van der Waals surface area (Å²) < 4.78 is 0. The van der Waals surface area contributed by atoms with E-state index in [0.717, 1.165) is 24.1 Å². The van der Waals surface area contributed by atoms with Gasteiger partial charge in [-0.25, -0.2) is 0 Å². The number of nitrogens with zero attached hydrogens (tertiary/aromatic N) is 1. The van der Waals surface area contributed by atoms with Crippen LogP contribution in [0.2, 0.25) is 0 Å². The highest BCUT2D eigenvalue weighted by molar-refractivity contribution is 5.57. The minimum atomic E-state index is 0.711. The minimum Gasteiger partial charge on any atom is -0.398 e. The van der Waals surface area contributed by atoms with Gasteiger partial charge in [0.15, 0.2) is 0 Å². The van der Waals surface area contributed by atoms with E-state index >= 15 is 0 Å². The van der Waals surface area contributed by atoms with Gasteiger partial charge in [0.25, 0.3) is 0 Å². The van der Waals surface area contributed by atoms with Crippen LogP contribution in [0, 0.1) is 11.8 Å². The van der Waals surface area contributed by atoms with Crippen molar-refractivity contribution in [3.63, 3.8) is 0 Å². The number of pyridine rings is 1. The molecule has 0 saturated carbocycles. The lowest BCUT2D eigenvalue weighted by Crippen LogP contribution is -2.01. The maximum Gasteiger partial charge on any atom is 0.0690 e. The van der Waals surface area contributed by atoms with Gasteiger partial charge >= 0.3 is 0 Å². The lowest BCUT2D eigenvalue weighted by Gasteiger charge is -2.06. The topological polar surface area (TPSA) is 38.9 Å². The molecule has 2 heteroatoms. The average Bonchev–Trinajstić information content (AvgIpc) is 2.41. The van der Waals surface area contributed by atoms with E-state index in [-0.39, 0.29) is 0 Å². The monoisotopic (exact) mass is 236 g/mol. The van der Waals surface area contributed by atoms with E-state index in [2.05, 4.69) is 41.1 Å². The van der Waals surface area contributed by atoms with E-state index < -0.39 is 0 Å². The first-order valence-electron chi connectivity index (χ1n) is 6.01. The first-order chi connectivity index (χ1) is 8.81. The predicted molar refractivity (Wildman–Crippen MR) is 75.1 cm³/mol. The van der Waals surface area contributed by atoms with E-state index in [9.17, 15) is 0 Å². The summed E-state index contributed by atoms with van der Waals surface area (Å²) in [7, 11) is 0. The van der Waals surface area contributed by atoms with Crippen molar-refractivity contribution in [3.8, 4) is 11.8 Å². The summed E-state index contributed by atoms with van der Waals surface area (Å²) in [6.45, 7) is 1.81. The Kier molecular flexibility index (Phi) is 3.98. The van der Waals surface area contributed by atoms with Crippen molar-refractivity contribution in [2.24, 2.45) is 0 Å². The molecule has 1 heterocycles. The first kappa shape index (κ1) is 12.2. The van der Waals surface area contributed by atoms with E-state index in [4.69, 9.17) is 5.73 Å². The smallest absolute Gasteiger partial charge is 0.0690 e. The molecule has 0 aliphatic carbocycles. The third-order valence-corrected chi connectivity index (χ3v) is 2.81. The number of rotatable bonds is 3. The van der Waals surface area contributed by atoms with Crippen LogP contribution in [0.3, 0.4) is 0 Å². The van der Waals surface area contributed by atoms with Gasteiger partial charge in [-0.2, -0.15) is 0 Å². The second-order valence-corrected chi connectivity index (χ2v) is 4.08. The fraction of sp³-hybridized carbons (Fsp3) is 0.188. The van der Waals surface area contributed by atoms with Crippen molar-refractivity contribution < 1.29 is 0 Å². The SMILES string of the molecule is CC#Cc1c(N)ccnc1CCc1ccccc1. The van der Waals surface area contributed by atoms with Crippen LogP contribution in [0.5, 0.6) is 0 Å². The van der Waals surface area contributed by atoms with E-state index in [1.807, 2.05) is 13.0 Å². The van der Waals surface area contributed by atoms with Gasteiger partial charge in [-0.3, -0.25) is 4.98 Å². The number of nitrogens with two attached hydrogens (primary N) is 1. The Balaban J connectivity index is 2.18. The van der Waals surface area contributed by atoms with Crippen molar-refractivity contribution in [1.82, 2.24) is 4.98 Å². The highest BCUT2D eigenvalue weighted by atomic mass is 14.7. The van der Waals surface area contributed by atoms with Crippen LogP contribution in [0.25, 0.3) is 0 Å². The molecule has 1 aromatic carbocycles. The number of aryl methyl sites for hydroxylation is 2. The number of aromatic nitrogens is 1. The van der Waals surface area contributed by atoms with Gasteiger partial charge in [0.1, 0.15) is 0 Å². The zero-order chi connectivity index (χ0) is 12.8. The Morgan fingerprint density at radius 3 is 2.61 bits per heavy atom. The van der Waals surface area contributed by atoms with Crippen molar-refractivity contribution in [2.45, 2.75) is 19.8 Å². The molecule has 2 rings (SSSR count). The zero-order valence-electron chi connectivity index (χ0n) is 10.5. The fourth-order valence-electron chi connectivity index (χ4n) is 1.89. The third kappa shape index (κ3) is 2.89. The summed E-state index contributed by atoms with van der Waals surface area (Å²) in [5, 5.41) is 0. The molecule has 0 aliphatic heterocycles. The number of hydrogen-bond acceptors (Lipinski definition) is 2. The molecular weight excluding hydrogens is 220 g/mol. The van der Waals surface area contributed by atoms with Crippen LogP contribution in [-0.4, -0.2) is 4.98 Å². The summed E-state index contributed by atoms with van der Waals surface area (Å²) in [5.74, 6) is 5.94. The minimum absolute atomic E-state index is 0.711. The zero-order valence-corrected chi connectivity index (χ0v) is 10.5. The molecule has 0 fully saturated rings. The van der Waals surface area contributed by atoms with Gasteiger partial charge in [0, 0.05) is 6.20 Å². The van der Waals surface area contributed by atoms with E-state index in [0.29, 0.717) is 5.69 Å². The van der Waals surface area contributed by atoms with Crippen LogP contribution >= 0.6 is 0 Å². The summed E-state index contributed by atoms with van der Waals surface area (Å²) >= 11 is 0. The highest BCUT2D eigenvalue weighted by Crippen LogP contribution is 2.15. The highest BCUT2D eigenvalue weighted by Gasteiger charge is 2.05. The molecule has 18 heavy (non-hydrogen) atoms. The molecule has 0 radical (unpaired) electrons. The Hall–Kier alpha value is -2.27. The second-order valence-electron chi connectivity index (χ2n) is 4.08. The molecular formula is C16H16N2. The van der Waals surface area contributed by atoms with Gasteiger partial charge in [-0.05, 0) is 31.4 Å². The molecule has 0 unspecified atom stereocenters. The van der Waals surface area contributed by atoms with Crippen LogP contribution in [0.15, 0.2) is 42.6 Å².